The summed E-state index contributed by atoms with van der Waals surface area (Å²) >= 11 is 6.03. The summed E-state index contributed by atoms with van der Waals surface area (Å²) in [5.74, 6) is -1.19. The Hall–Kier alpha value is -3.40. The van der Waals surface area contributed by atoms with Crippen LogP contribution in [0.15, 0.2) is 42.5 Å². The lowest BCUT2D eigenvalue weighted by Crippen LogP contribution is -2.53. The van der Waals surface area contributed by atoms with Crippen molar-refractivity contribution in [2.45, 2.75) is 45.3 Å². The molecule has 8 nitrogen and oxygen atoms in total. The van der Waals surface area contributed by atoms with Gasteiger partial charge in [0.2, 0.25) is 0 Å². The van der Waals surface area contributed by atoms with E-state index < -0.39 is 12.0 Å². The first-order valence-corrected chi connectivity index (χ1v) is 14.3. The minimum atomic E-state index is -1.42. The Morgan fingerprint density at radius 3 is 2.32 bits per heavy atom. The summed E-state index contributed by atoms with van der Waals surface area (Å²) in [7, 11) is 1.74. The summed E-state index contributed by atoms with van der Waals surface area (Å²) in [4.78, 5) is 31.2. The summed E-state index contributed by atoms with van der Waals surface area (Å²) in [6, 6.07) is 12.3. The molecule has 2 heterocycles. The normalized spacial score (nSPS) is 17.3. The zero-order chi connectivity index (χ0) is 29.5. The number of carbonyl (C=O) groups excluding carboxylic acids is 2. The van der Waals surface area contributed by atoms with Crippen LogP contribution in [0.25, 0.3) is 0 Å². The maximum Gasteiger partial charge on any atom is 0.257 e. The van der Waals surface area contributed by atoms with Crippen molar-refractivity contribution in [3.63, 3.8) is 0 Å². The standard InChI is InChI=1S/C31H37ClFN5O3/c1-19-17-23(7-10-25(19)33)34-29(40)26-20(2)27(36(4)21(26)3)28(39)30(41)35-31(11-12-31)18-37-13-15-38(16-14-37)24-8-5-22(32)6-9-24/h5-10,17,28,39H,11-16,18H2,1-4H3,(H,34,40)(H,35,41). The first-order chi connectivity index (χ1) is 19.5. The van der Waals surface area contributed by atoms with Gasteiger partial charge in [0, 0.05) is 61.9 Å². The second kappa shape index (κ2) is 11.5. The van der Waals surface area contributed by atoms with Gasteiger partial charge >= 0.3 is 0 Å². The van der Waals surface area contributed by atoms with Crippen molar-refractivity contribution in [1.29, 1.82) is 0 Å². The third kappa shape index (κ3) is 6.12. The molecule has 5 rings (SSSR count). The van der Waals surface area contributed by atoms with Crippen LogP contribution in [0.1, 0.15) is 51.8 Å². The molecule has 1 unspecified atom stereocenters. The van der Waals surface area contributed by atoms with Gasteiger partial charge in [0.15, 0.2) is 6.10 Å². The van der Waals surface area contributed by atoms with Gasteiger partial charge in [0.1, 0.15) is 5.82 Å². The molecule has 10 heteroatoms. The molecule has 2 aromatic carbocycles. The maximum atomic E-state index is 13.7. The van der Waals surface area contributed by atoms with Crippen LogP contribution in [0.3, 0.4) is 0 Å². The molecule has 0 spiro atoms. The average molecular weight is 582 g/mol. The summed E-state index contributed by atoms with van der Waals surface area (Å²) in [6.45, 7) is 9.41. The van der Waals surface area contributed by atoms with Crippen LogP contribution in [0.2, 0.25) is 5.02 Å². The molecular weight excluding hydrogens is 545 g/mol. The Morgan fingerprint density at radius 1 is 1.05 bits per heavy atom. The molecule has 0 radical (unpaired) electrons. The molecular formula is C31H37ClFN5O3. The van der Waals surface area contributed by atoms with Crippen LogP contribution in [0.4, 0.5) is 15.8 Å². The van der Waals surface area contributed by atoms with Gasteiger partial charge in [-0.15, -0.1) is 0 Å². The van der Waals surface area contributed by atoms with Crippen LogP contribution in [-0.4, -0.2) is 64.7 Å². The van der Waals surface area contributed by atoms with Crippen molar-refractivity contribution in [3.05, 3.63) is 81.4 Å². The molecule has 1 atom stereocenters. The van der Waals surface area contributed by atoms with Gasteiger partial charge in [-0.1, -0.05) is 11.6 Å². The van der Waals surface area contributed by atoms with E-state index in [1.165, 1.54) is 12.1 Å². The summed E-state index contributed by atoms with van der Waals surface area (Å²) in [5.41, 5.74) is 3.63. The monoisotopic (exact) mass is 581 g/mol. The number of nitrogens with zero attached hydrogens (tertiary/aromatic N) is 3. The Kier molecular flexibility index (Phi) is 8.14. The van der Waals surface area contributed by atoms with Crippen LogP contribution in [-0.2, 0) is 11.8 Å². The van der Waals surface area contributed by atoms with Crippen LogP contribution < -0.4 is 15.5 Å². The molecule has 41 heavy (non-hydrogen) atoms. The quantitative estimate of drug-likeness (QED) is 0.364. The van der Waals surface area contributed by atoms with Gasteiger partial charge in [-0.2, -0.15) is 0 Å². The lowest BCUT2D eigenvalue weighted by Gasteiger charge is -2.38. The Balaban J connectivity index is 1.22. The van der Waals surface area contributed by atoms with Gasteiger partial charge < -0.3 is 25.2 Å². The van der Waals surface area contributed by atoms with Crippen LogP contribution in [0.5, 0.6) is 0 Å². The molecule has 1 saturated heterocycles. The number of aliphatic hydroxyl groups is 1. The molecule has 1 aliphatic carbocycles. The number of carbonyl (C=O) groups is 2. The number of piperazine rings is 1. The molecule has 2 amide bonds. The molecule has 0 bridgehead atoms. The number of rotatable bonds is 8. The van der Waals surface area contributed by atoms with Crippen LogP contribution >= 0.6 is 11.6 Å². The fourth-order valence-corrected chi connectivity index (χ4v) is 5.94. The lowest BCUT2D eigenvalue weighted by atomic mass is 10.1. The van der Waals surface area contributed by atoms with E-state index >= 15 is 0 Å². The first-order valence-electron chi connectivity index (χ1n) is 13.9. The highest BCUT2D eigenvalue weighted by atomic mass is 35.5. The summed E-state index contributed by atoms with van der Waals surface area (Å²) in [6.07, 6.45) is 0.296. The van der Waals surface area contributed by atoms with Crippen molar-refractivity contribution in [3.8, 4) is 0 Å². The molecule has 1 aliphatic heterocycles. The van der Waals surface area contributed by atoms with Crippen molar-refractivity contribution >= 4 is 34.8 Å². The van der Waals surface area contributed by atoms with E-state index in [1.807, 2.05) is 24.3 Å². The average Bonchev–Trinajstić information content (AvgIpc) is 3.65. The number of aryl methyl sites for hydroxylation is 1. The molecule has 218 valence electrons. The zero-order valence-corrected chi connectivity index (χ0v) is 24.7. The molecule has 2 fully saturated rings. The van der Waals surface area contributed by atoms with Crippen molar-refractivity contribution < 1.29 is 19.1 Å². The topological polar surface area (TPSA) is 89.8 Å². The smallest absolute Gasteiger partial charge is 0.257 e. The van der Waals surface area contributed by atoms with E-state index in [0.717, 1.165) is 56.3 Å². The number of aliphatic hydroxyl groups excluding tert-OH is 1. The number of amides is 2. The van der Waals surface area contributed by atoms with E-state index in [2.05, 4.69) is 20.4 Å². The van der Waals surface area contributed by atoms with Gasteiger partial charge in [-0.25, -0.2) is 4.39 Å². The lowest BCUT2D eigenvalue weighted by molar-refractivity contribution is -0.131. The van der Waals surface area contributed by atoms with E-state index in [0.29, 0.717) is 33.8 Å². The second-order valence-electron chi connectivity index (χ2n) is 11.4. The third-order valence-corrected chi connectivity index (χ3v) is 8.72. The number of hydrogen-bond donors (Lipinski definition) is 3. The van der Waals surface area contributed by atoms with Crippen molar-refractivity contribution in [2.75, 3.05) is 42.9 Å². The Labute approximate surface area is 245 Å². The van der Waals surface area contributed by atoms with E-state index in [4.69, 9.17) is 11.6 Å². The molecule has 3 aromatic rings. The SMILES string of the molecule is Cc1cc(NC(=O)c2c(C)c(C(O)C(=O)NC3(CN4CCN(c5ccc(Cl)cc5)CC4)CC3)n(C)c2C)ccc1F. The summed E-state index contributed by atoms with van der Waals surface area (Å²) < 4.78 is 15.4. The molecule has 1 saturated carbocycles. The number of nitrogens with one attached hydrogen (secondary N) is 2. The Morgan fingerprint density at radius 2 is 1.71 bits per heavy atom. The first kappa shape index (κ1) is 29.1. The minimum absolute atomic E-state index is 0.347. The molecule has 1 aromatic heterocycles. The summed E-state index contributed by atoms with van der Waals surface area (Å²) in [5, 5.41) is 17.8. The van der Waals surface area contributed by atoms with Gasteiger partial charge in [-0.05, 0) is 87.2 Å². The maximum absolute atomic E-state index is 13.7. The highest BCUT2D eigenvalue weighted by Gasteiger charge is 2.47. The number of hydrogen-bond acceptors (Lipinski definition) is 5. The van der Waals surface area contributed by atoms with Crippen molar-refractivity contribution in [1.82, 2.24) is 14.8 Å². The predicted molar refractivity (Wildman–Crippen MR) is 159 cm³/mol. The van der Waals surface area contributed by atoms with Crippen molar-refractivity contribution in [2.24, 2.45) is 7.05 Å². The molecule has 3 N–H and O–H groups in total. The molecule has 2 aliphatic rings. The second-order valence-corrected chi connectivity index (χ2v) is 11.8. The third-order valence-electron chi connectivity index (χ3n) is 8.47. The minimum Gasteiger partial charge on any atom is -0.377 e. The highest BCUT2D eigenvalue weighted by Crippen LogP contribution is 2.38. The number of aromatic nitrogens is 1. The van der Waals surface area contributed by atoms with E-state index in [1.54, 1.807) is 38.5 Å². The van der Waals surface area contributed by atoms with Gasteiger partial charge in [0.25, 0.3) is 11.8 Å². The van der Waals surface area contributed by atoms with E-state index in [9.17, 15) is 19.1 Å². The fraction of sp³-hybridized carbons (Fsp3) is 0.419. The Bertz CT molecular complexity index is 1460. The van der Waals surface area contributed by atoms with Gasteiger partial charge in [-0.3, -0.25) is 14.5 Å². The van der Waals surface area contributed by atoms with E-state index in [-0.39, 0.29) is 17.3 Å². The van der Waals surface area contributed by atoms with Gasteiger partial charge in [0.05, 0.1) is 16.8 Å². The van der Waals surface area contributed by atoms with Crippen LogP contribution in [0, 0.1) is 26.6 Å². The highest BCUT2D eigenvalue weighted by molar-refractivity contribution is 6.30. The predicted octanol–water partition coefficient (Wildman–Crippen LogP) is 4.50. The number of benzene rings is 2. The zero-order valence-electron chi connectivity index (χ0n) is 23.9. The number of anilines is 2. The fourth-order valence-electron chi connectivity index (χ4n) is 5.81. The largest absolute Gasteiger partial charge is 0.377 e. The number of halogens is 2.